The van der Waals surface area contributed by atoms with E-state index in [0.717, 1.165) is 19.3 Å². The number of thiazole rings is 1. The first kappa shape index (κ1) is 25.5. The minimum Gasteiger partial charge on any atom is -0.505 e. The van der Waals surface area contributed by atoms with Gasteiger partial charge in [-0.1, -0.05) is 31.9 Å². The van der Waals surface area contributed by atoms with Gasteiger partial charge in [-0.3, -0.25) is 18.9 Å². The van der Waals surface area contributed by atoms with Gasteiger partial charge in [-0.25, -0.2) is 9.97 Å². The summed E-state index contributed by atoms with van der Waals surface area (Å²) in [6, 6.07) is 9.80. The molecule has 38 heavy (non-hydrogen) atoms. The molecule has 0 radical (unpaired) electrons. The number of aliphatic hydroxyl groups excluding tert-OH is 1. The van der Waals surface area contributed by atoms with E-state index in [1.54, 1.807) is 59.4 Å². The highest BCUT2D eigenvalue weighted by atomic mass is 32.1. The Bertz CT molecular complexity index is 1530. The average molecular weight is 533 g/mol. The molecule has 0 aliphatic carbocycles. The molecular formula is C28H28N4O5S. The number of amides is 1. The van der Waals surface area contributed by atoms with Crippen molar-refractivity contribution in [3.05, 3.63) is 76.7 Å². The largest absolute Gasteiger partial charge is 0.505 e. The van der Waals surface area contributed by atoms with E-state index in [1.807, 2.05) is 6.07 Å². The molecule has 1 amide bonds. The Morgan fingerprint density at radius 1 is 1.16 bits per heavy atom. The lowest BCUT2D eigenvalue weighted by molar-refractivity contribution is -0.132. The number of aryl methyl sites for hydroxylation is 1. The van der Waals surface area contributed by atoms with Gasteiger partial charge in [0, 0.05) is 17.8 Å². The van der Waals surface area contributed by atoms with Crippen molar-refractivity contribution in [2.45, 2.75) is 39.2 Å². The maximum atomic E-state index is 13.5. The Labute approximate surface area is 224 Å². The summed E-state index contributed by atoms with van der Waals surface area (Å²) in [5.74, 6) is -0.836. The normalized spacial score (nSPS) is 16.9. The van der Waals surface area contributed by atoms with Crippen molar-refractivity contribution < 1.29 is 24.2 Å². The number of carbonyl (C=O) groups is 2. The molecule has 4 heterocycles. The Kier molecular flexibility index (Phi) is 7.15. The molecule has 3 aromatic heterocycles. The van der Waals surface area contributed by atoms with Crippen LogP contribution in [-0.2, 0) is 9.59 Å². The number of nitrogens with zero attached hydrogens (tertiary/aromatic N) is 4. The van der Waals surface area contributed by atoms with E-state index < -0.39 is 17.7 Å². The van der Waals surface area contributed by atoms with Crippen LogP contribution in [-0.4, -0.2) is 44.9 Å². The van der Waals surface area contributed by atoms with Crippen molar-refractivity contribution in [3.8, 4) is 11.5 Å². The molecule has 1 aliphatic rings. The number of aliphatic hydroxyl groups is 1. The Balaban J connectivity index is 1.66. The maximum absolute atomic E-state index is 13.5. The molecule has 0 saturated carbocycles. The zero-order valence-electron chi connectivity index (χ0n) is 21.4. The van der Waals surface area contributed by atoms with Gasteiger partial charge in [-0.2, -0.15) is 0 Å². The van der Waals surface area contributed by atoms with E-state index in [9.17, 15) is 14.7 Å². The summed E-state index contributed by atoms with van der Waals surface area (Å²) in [5.41, 5.74) is 2.03. The molecule has 10 heteroatoms. The third-order valence-electron chi connectivity index (χ3n) is 6.51. The van der Waals surface area contributed by atoms with Crippen LogP contribution in [0, 0.1) is 6.92 Å². The smallest absolute Gasteiger partial charge is 0.301 e. The second kappa shape index (κ2) is 10.7. The van der Waals surface area contributed by atoms with Gasteiger partial charge in [-0.15, -0.1) is 11.3 Å². The summed E-state index contributed by atoms with van der Waals surface area (Å²) >= 11 is 1.23. The van der Waals surface area contributed by atoms with Gasteiger partial charge in [0.05, 0.1) is 31.0 Å². The number of aromatic nitrogens is 3. The molecule has 1 N–H and O–H groups in total. The van der Waals surface area contributed by atoms with E-state index >= 15 is 0 Å². The Morgan fingerprint density at radius 2 is 2.00 bits per heavy atom. The highest BCUT2D eigenvalue weighted by Gasteiger charge is 2.48. The number of anilines is 1. The number of benzene rings is 1. The third-order valence-corrected chi connectivity index (χ3v) is 7.28. The lowest BCUT2D eigenvalue weighted by atomic mass is 9.96. The number of methoxy groups -OCH3 is 1. The van der Waals surface area contributed by atoms with Crippen molar-refractivity contribution in [2.24, 2.45) is 0 Å². The average Bonchev–Trinajstić information content (AvgIpc) is 3.63. The van der Waals surface area contributed by atoms with Crippen LogP contribution in [0.4, 0.5) is 5.13 Å². The van der Waals surface area contributed by atoms with Crippen LogP contribution < -0.4 is 14.4 Å². The van der Waals surface area contributed by atoms with Crippen LogP contribution in [0.25, 0.3) is 11.4 Å². The molecule has 4 aromatic rings. The van der Waals surface area contributed by atoms with Gasteiger partial charge in [0.15, 0.2) is 22.4 Å². The van der Waals surface area contributed by atoms with Crippen molar-refractivity contribution in [1.82, 2.24) is 14.4 Å². The highest BCUT2D eigenvalue weighted by molar-refractivity contribution is 7.14. The van der Waals surface area contributed by atoms with E-state index in [4.69, 9.17) is 9.47 Å². The molecule has 1 saturated heterocycles. The number of Topliss-reactive ketones (excluding diaryl/α,β-unsaturated/α-hetero) is 1. The SMILES string of the molecule is CCCCCOc1ccc(C2C(=C(O)c3c(C)nc4ccccn34)C(=O)C(=O)N2c2nccs2)cc1OC. The number of ether oxygens (including phenoxy) is 2. The molecule has 196 valence electrons. The summed E-state index contributed by atoms with van der Waals surface area (Å²) in [4.78, 5) is 37.0. The van der Waals surface area contributed by atoms with Gasteiger partial charge in [0.2, 0.25) is 0 Å². The monoisotopic (exact) mass is 532 g/mol. The molecule has 0 spiro atoms. The molecule has 1 aromatic carbocycles. The molecule has 9 nitrogen and oxygen atoms in total. The minimum absolute atomic E-state index is 0.0439. The van der Waals surface area contributed by atoms with Crippen LogP contribution >= 0.6 is 11.3 Å². The van der Waals surface area contributed by atoms with Gasteiger partial charge >= 0.3 is 5.91 Å². The molecule has 1 atom stereocenters. The number of carbonyl (C=O) groups excluding carboxylic acids is 2. The second-order valence-electron chi connectivity index (χ2n) is 8.92. The number of imidazole rings is 1. The fourth-order valence-electron chi connectivity index (χ4n) is 4.71. The molecule has 0 bridgehead atoms. The lowest BCUT2D eigenvalue weighted by Crippen LogP contribution is -2.29. The quantitative estimate of drug-likeness (QED) is 0.135. The van der Waals surface area contributed by atoms with Gasteiger partial charge in [0.25, 0.3) is 5.78 Å². The number of ketones is 1. The van der Waals surface area contributed by atoms with Crippen molar-refractivity contribution in [2.75, 3.05) is 18.6 Å². The van der Waals surface area contributed by atoms with Crippen molar-refractivity contribution in [1.29, 1.82) is 0 Å². The van der Waals surface area contributed by atoms with Crippen LogP contribution in [0.3, 0.4) is 0 Å². The maximum Gasteiger partial charge on any atom is 0.301 e. The lowest BCUT2D eigenvalue weighted by Gasteiger charge is -2.24. The Morgan fingerprint density at radius 3 is 2.74 bits per heavy atom. The molecule has 1 aliphatic heterocycles. The van der Waals surface area contributed by atoms with Gasteiger partial charge in [0.1, 0.15) is 11.3 Å². The number of hydrogen-bond acceptors (Lipinski definition) is 8. The standard InChI is InChI=1S/C28H28N4O5S/c1-4-5-8-14-37-19-11-10-18(16-20(19)36-3)24-22(26(34)27(35)32(24)28-29-12-15-38-28)25(33)23-17(2)30-21-9-6-7-13-31(21)23/h6-7,9-13,15-16,24,33H,4-5,8,14H2,1-3H3. The van der Waals surface area contributed by atoms with E-state index in [1.165, 1.54) is 23.3 Å². The molecule has 1 fully saturated rings. The van der Waals surface area contributed by atoms with Crippen LogP contribution in [0.5, 0.6) is 11.5 Å². The number of hydrogen-bond donors (Lipinski definition) is 1. The van der Waals surface area contributed by atoms with Crippen molar-refractivity contribution >= 4 is 39.6 Å². The summed E-state index contributed by atoms with van der Waals surface area (Å²) < 4.78 is 13.2. The van der Waals surface area contributed by atoms with Crippen LogP contribution in [0.1, 0.15) is 49.2 Å². The number of pyridine rings is 1. The van der Waals surface area contributed by atoms with E-state index in [-0.39, 0.29) is 11.3 Å². The van der Waals surface area contributed by atoms with E-state index in [0.29, 0.717) is 45.8 Å². The van der Waals surface area contributed by atoms with E-state index in [2.05, 4.69) is 16.9 Å². The Hall–Kier alpha value is -4.18. The fourth-order valence-corrected chi connectivity index (χ4v) is 5.38. The summed E-state index contributed by atoms with van der Waals surface area (Å²) in [6.07, 6.45) is 6.39. The second-order valence-corrected chi connectivity index (χ2v) is 9.80. The van der Waals surface area contributed by atoms with Crippen LogP contribution in [0.15, 0.2) is 59.7 Å². The number of unbranched alkanes of at least 4 members (excludes halogenated alkanes) is 2. The summed E-state index contributed by atoms with van der Waals surface area (Å²) in [7, 11) is 1.54. The molecule has 1 unspecified atom stereocenters. The van der Waals surface area contributed by atoms with Gasteiger partial charge in [-0.05, 0) is 43.2 Å². The van der Waals surface area contributed by atoms with Crippen LogP contribution in [0.2, 0.25) is 0 Å². The first-order valence-corrected chi connectivity index (χ1v) is 13.3. The fraction of sp³-hybridized carbons (Fsp3) is 0.286. The zero-order valence-corrected chi connectivity index (χ0v) is 22.2. The van der Waals surface area contributed by atoms with Gasteiger partial charge < -0.3 is 14.6 Å². The third kappa shape index (κ3) is 4.41. The predicted octanol–water partition coefficient (Wildman–Crippen LogP) is 5.30. The molecular weight excluding hydrogens is 504 g/mol. The minimum atomic E-state index is -0.933. The topological polar surface area (TPSA) is 106 Å². The first-order valence-electron chi connectivity index (χ1n) is 12.4. The van der Waals surface area contributed by atoms with Crippen molar-refractivity contribution in [3.63, 3.8) is 0 Å². The predicted molar refractivity (Wildman–Crippen MR) is 145 cm³/mol. The molecule has 5 rings (SSSR count). The number of fused-ring (bicyclic) bond motifs is 1. The first-order chi connectivity index (χ1) is 18.5. The number of rotatable bonds is 9. The highest BCUT2D eigenvalue weighted by Crippen LogP contribution is 2.44. The summed E-state index contributed by atoms with van der Waals surface area (Å²) in [5, 5.41) is 13.7. The zero-order chi connectivity index (χ0) is 26.8. The summed E-state index contributed by atoms with van der Waals surface area (Å²) in [6.45, 7) is 4.43.